The van der Waals surface area contributed by atoms with Gasteiger partial charge < -0.3 is 26.4 Å². The number of nitrogens with two attached hydrogens (primary N) is 1. The van der Waals surface area contributed by atoms with Crippen molar-refractivity contribution in [3.8, 4) is 0 Å². The van der Waals surface area contributed by atoms with Crippen molar-refractivity contribution in [2.24, 2.45) is 5.73 Å². The number of fused-ring (bicyclic) bond motifs is 2. The lowest BCUT2D eigenvalue weighted by atomic mass is 9.89. The molecule has 0 unspecified atom stereocenters. The molecule has 214 valence electrons. The Morgan fingerprint density at radius 1 is 1.05 bits per heavy atom. The molecule has 0 saturated heterocycles. The Morgan fingerprint density at radius 2 is 1.83 bits per heavy atom. The van der Waals surface area contributed by atoms with E-state index in [1.807, 2.05) is 50.7 Å². The number of hydrogen-bond donors (Lipinski definition) is 5. The lowest BCUT2D eigenvalue weighted by Crippen LogP contribution is -2.00. The van der Waals surface area contributed by atoms with Crippen LogP contribution in [-0.2, 0) is 6.42 Å². The number of rotatable bonds is 7. The van der Waals surface area contributed by atoms with Crippen LogP contribution in [0.3, 0.4) is 0 Å². The van der Waals surface area contributed by atoms with Gasteiger partial charge in [-0.3, -0.25) is 0 Å². The van der Waals surface area contributed by atoms with Gasteiger partial charge in [-0.05, 0) is 114 Å². The van der Waals surface area contributed by atoms with Gasteiger partial charge in [-0.1, -0.05) is 56.0 Å². The molecule has 42 heavy (non-hydrogen) atoms. The summed E-state index contributed by atoms with van der Waals surface area (Å²) in [7, 11) is 0. The summed E-state index contributed by atoms with van der Waals surface area (Å²) >= 11 is 0. The summed E-state index contributed by atoms with van der Waals surface area (Å²) in [5.41, 5.74) is 17.8. The van der Waals surface area contributed by atoms with E-state index in [1.165, 1.54) is 11.8 Å². The first-order valence-electron chi connectivity index (χ1n) is 14.4. The lowest BCUT2D eigenvalue weighted by Gasteiger charge is -2.17. The summed E-state index contributed by atoms with van der Waals surface area (Å²) in [6.07, 6.45) is 34.8. The van der Waals surface area contributed by atoms with Crippen LogP contribution in [-0.4, -0.2) is 16.2 Å². The Bertz CT molecular complexity index is 1630. The molecule has 0 atom stereocenters. The summed E-state index contributed by atoms with van der Waals surface area (Å²) in [6.45, 7) is 10.6. The second-order valence-electron chi connectivity index (χ2n) is 10.3. The van der Waals surface area contributed by atoms with E-state index in [4.69, 9.17) is 11.1 Å². The van der Waals surface area contributed by atoms with Gasteiger partial charge >= 0.3 is 0 Å². The van der Waals surface area contributed by atoms with Gasteiger partial charge in [0.1, 0.15) is 5.82 Å². The largest absolute Gasteiger partial charge is 0.402 e. The van der Waals surface area contributed by atoms with E-state index < -0.39 is 0 Å². The zero-order valence-electron chi connectivity index (χ0n) is 24.8. The van der Waals surface area contributed by atoms with Crippen molar-refractivity contribution in [2.45, 2.75) is 40.0 Å². The second-order valence-corrected chi connectivity index (χ2v) is 10.3. The molecule has 1 aliphatic heterocycles. The van der Waals surface area contributed by atoms with Gasteiger partial charge in [0.25, 0.3) is 0 Å². The summed E-state index contributed by atoms with van der Waals surface area (Å²) in [4.78, 5) is 6.71. The number of H-pyrrole nitrogens is 2. The number of allylic oxidation sites excluding steroid dienone is 18. The Morgan fingerprint density at radius 3 is 2.60 bits per heavy atom. The molecule has 2 aromatic heterocycles. The molecule has 1 aliphatic carbocycles. The van der Waals surface area contributed by atoms with Crippen molar-refractivity contribution >= 4 is 24.2 Å². The molecule has 0 saturated carbocycles. The first kappa shape index (κ1) is 29.9. The Labute approximate surface area is 249 Å². The van der Waals surface area contributed by atoms with Crippen LogP contribution in [0.1, 0.15) is 50.4 Å². The van der Waals surface area contributed by atoms with Gasteiger partial charge in [0.15, 0.2) is 0 Å². The van der Waals surface area contributed by atoms with Gasteiger partial charge in [-0.15, -0.1) is 0 Å². The highest BCUT2D eigenvalue weighted by Gasteiger charge is 2.15. The fourth-order valence-electron chi connectivity index (χ4n) is 4.98. The minimum Gasteiger partial charge on any atom is -0.402 e. The fourth-order valence-corrected chi connectivity index (χ4v) is 4.98. The van der Waals surface area contributed by atoms with Crippen LogP contribution in [0.2, 0.25) is 0 Å². The molecular weight excluding hydrogens is 514 g/mol. The van der Waals surface area contributed by atoms with E-state index in [0.717, 1.165) is 74.6 Å². The zero-order chi connectivity index (χ0) is 29.9. The molecule has 0 fully saturated rings. The number of aromatic amines is 2. The van der Waals surface area contributed by atoms with Crippen LogP contribution in [0, 0.1) is 5.41 Å². The highest BCUT2D eigenvalue weighted by atomic mass is 15.0. The van der Waals surface area contributed by atoms with Gasteiger partial charge in [-0.25, -0.2) is 0 Å². The van der Waals surface area contributed by atoms with Crippen molar-refractivity contribution in [1.82, 2.24) is 9.97 Å². The maximum atomic E-state index is 7.69. The standard InChI is InChI=1S/C37H41N5/c1-5-7-11-30(22-29(6-2)27(4)39)31-12-9-8-10-28(13-17-38)21-36-32(15-19-40-36)24-34(23-31)35-25-33-16-20-42-37(33)41-18-14-26(35)3/h5,7-10,12-20,22-25,38,40-42H,3,6,11,21,39H2,1-2,4H3/b7-5-,10-8+,12-9+,18-14-,28-13-,29-27-,30-22+,31-23+,34-24+,35-25+,38-17?. The minimum atomic E-state index is 0.682. The summed E-state index contributed by atoms with van der Waals surface area (Å²) in [5.74, 6) is 0.938. The molecule has 2 aliphatic rings. The summed E-state index contributed by atoms with van der Waals surface area (Å²) < 4.78 is 0. The lowest BCUT2D eigenvalue weighted by molar-refractivity contribution is 1.07. The maximum absolute atomic E-state index is 7.69. The number of nitrogens with one attached hydrogen (secondary N) is 4. The Balaban J connectivity index is 2.04. The van der Waals surface area contributed by atoms with E-state index in [0.29, 0.717) is 6.42 Å². The average molecular weight is 556 g/mol. The highest BCUT2D eigenvalue weighted by Crippen LogP contribution is 2.33. The predicted molar refractivity (Wildman–Crippen MR) is 181 cm³/mol. The molecule has 6 N–H and O–H groups in total. The van der Waals surface area contributed by atoms with Crippen molar-refractivity contribution in [3.05, 3.63) is 160 Å². The van der Waals surface area contributed by atoms with Crippen molar-refractivity contribution < 1.29 is 0 Å². The molecule has 0 amide bonds. The minimum absolute atomic E-state index is 0.682. The van der Waals surface area contributed by atoms with E-state index in [9.17, 15) is 0 Å². The topological polar surface area (TPSA) is 93.5 Å². The molecular formula is C37H41N5. The van der Waals surface area contributed by atoms with Gasteiger partial charge in [-0.2, -0.15) is 0 Å². The SMILES string of the molecule is C=C1/C=C\Nc2[nH]ccc2/C=C1/C1=C/c2cc[nH]c2CC(=C\C=N)/C=C/C=C/C(C(=C/C(CC)=C(/C)N)/C/C=C\C)=C\1. The first-order chi connectivity index (χ1) is 20.4. The second kappa shape index (κ2) is 14.6. The Kier molecular flexibility index (Phi) is 10.4. The summed E-state index contributed by atoms with van der Waals surface area (Å²) in [5, 5.41) is 11.0. The molecule has 0 radical (unpaired) electrons. The molecule has 2 aromatic rings. The number of aromatic nitrogens is 2. The molecule has 4 rings (SSSR count). The quantitative estimate of drug-likeness (QED) is 0.134. The molecule has 0 spiro atoms. The van der Waals surface area contributed by atoms with Crippen LogP contribution in [0.4, 0.5) is 5.82 Å². The van der Waals surface area contributed by atoms with Crippen LogP contribution in [0.15, 0.2) is 143 Å². The van der Waals surface area contributed by atoms with Crippen molar-refractivity contribution in [3.63, 3.8) is 0 Å². The number of anilines is 1. The summed E-state index contributed by atoms with van der Waals surface area (Å²) in [6, 6.07) is 4.17. The maximum Gasteiger partial charge on any atom is 0.114 e. The highest BCUT2D eigenvalue weighted by molar-refractivity contribution is 5.80. The van der Waals surface area contributed by atoms with E-state index >= 15 is 0 Å². The van der Waals surface area contributed by atoms with E-state index in [-0.39, 0.29) is 0 Å². The fraction of sp³-hybridized carbons (Fsp3) is 0.162. The van der Waals surface area contributed by atoms with Crippen LogP contribution < -0.4 is 11.1 Å². The van der Waals surface area contributed by atoms with E-state index in [1.54, 1.807) is 0 Å². The third-order valence-corrected chi connectivity index (χ3v) is 7.29. The smallest absolute Gasteiger partial charge is 0.114 e. The third kappa shape index (κ3) is 7.58. The average Bonchev–Trinajstić information content (AvgIpc) is 3.59. The van der Waals surface area contributed by atoms with Gasteiger partial charge in [0.2, 0.25) is 0 Å². The normalized spacial score (nSPS) is 23.6. The number of hydrogen-bond acceptors (Lipinski definition) is 3. The van der Waals surface area contributed by atoms with E-state index in [2.05, 4.69) is 95.6 Å². The molecule has 0 bridgehead atoms. The van der Waals surface area contributed by atoms with Gasteiger partial charge in [0.05, 0.1) is 0 Å². The molecule has 5 heteroatoms. The van der Waals surface area contributed by atoms with Gasteiger partial charge in [0, 0.05) is 48.2 Å². The monoisotopic (exact) mass is 555 g/mol. The molecule has 5 nitrogen and oxygen atoms in total. The Hall–Kier alpha value is -5.03. The predicted octanol–water partition coefficient (Wildman–Crippen LogP) is 9.01. The molecule has 3 heterocycles. The first-order valence-corrected chi connectivity index (χ1v) is 14.4. The van der Waals surface area contributed by atoms with Crippen LogP contribution >= 0.6 is 0 Å². The van der Waals surface area contributed by atoms with Crippen molar-refractivity contribution in [2.75, 3.05) is 5.32 Å². The zero-order valence-corrected chi connectivity index (χ0v) is 24.8. The molecule has 0 aromatic carbocycles. The third-order valence-electron chi connectivity index (χ3n) is 7.29. The van der Waals surface area contributed by atoms with Crippen molar-refractivity contribution in [1.29, 1.82) is 5.41 Å². The van der Waals surface area contributed by atoms with Crippen LogP contribution in [0.25, 0.3) is 12.2 Å². The van der Waals surface area contributed by atoms with Crippen LogP contribution in [0.5, 0.6) is 0 Å².